The maximum absolute atomic E-state index is 14.3. The summed E-state index contributed by atoms with van der Waals surface area (Å²) in [5.41, 5.74) is 2.19. The Labute approximate surface area is 443 Å². The van der Waals surface area contributed by atoms with Crippen LogP contribution in [0.25, 0.3) is 0 Å². The largest absolute Gasteiger partial charge is 0.459 e. The molecule has 0 bridgehead atoms. The summed E-state index contributed by atoms with van der Waals surface area (Å²) in [7, 11) is 0. The van der Waals surface area contributed by atoms with E-state index in [1.54, 1.807) is 115 Å². The molecule has 7 aromatic carbocycles. The molecule has 0 saturated carbocycles. The van der Waals surface area contributed by atoms with Crippen LogP contribution in [0.15, 0.2) is 212 Å². The zero-order chi connectivity index (χ0) is 53.3. The molecule has 0 unspecified atom stereocenters. The molecule has 7 aromatic rings. The molecule has 0 spiro atoms. The predicted molar refractivity (Wildman–Crippen MR) is 275 cm³/mol. The minimum absolute atomic E-state index is 0.0113. The van der Waals surface area contributed by atoms with Crippen LogP contribution in [0.2, 0.25) is 0 Å². The molecule has 2 fully saturated rings. The van der Waals surface area contributed by atoms with Gasteiger partial charge in [-0.25, -0.2) is 24.0 Å². The van der Waals surface area contributed by atoms with E-state index >= 15 is 0 Å². The average molecular weight is 1040 g/mol. The molecule has 0 radical (unpaired) electrons. The van der Waals surface area contributed by atoms with Crippen molar-refractivity contribution in [3.05, 3.63) is 251 Å². The third kappa shape index (κ3) is 14.1. The molecule has 2 heterocycles. The molecular formula is C61H54O16. The van der Waals surface area contributed by atoms with Crippen LogP contribution in [0.4, 0.5) is 0 Å². The van der Waals surface area contributed by atoms with Crippen LogP contribution in [-0.4, -0.2) is 110 Å². The number of ether oxygens (including phenoxy) is 10. The highest BCUT2D eigenvalue weighted by Gasteiger charge is 2.55. The van der Waals surface area contributed by atoms with Gasteiger partial charge in [-0.1, -0.05) is 152 Å². The molecule has 1 N–H and O–H groups in total. The minimum atomic E-state index is -1.77. The zero-order valence-corrected chi connectivity index (χ0v) is 41.4. The summed E-state index contributed by atoms with van der Waals surface area (Å²) in [6, 6.07) is 58.6. The van der Waals surface area contributed by atoms with Gasteiger partial charge in [0.1, 0.15) is 31.0 Å². The Kier molecular flexibility index (Phi) is 18.3. The van der Waals surface area contributed by atoms with Crippen LogP contribution < -0.4 is 0 Å². The summed E-state index contributed by atoms with van der Waals surface area (Å²) < 4.78 is 63.2. The molecule has 2 aliphatic rings. The Balaban J connectivity index is 1.10. The van der Waals surface area contributed by atoms with Gasteiger partial charge in [-0.15, -0.1) is 0 Å². The monoisotopic (exact) mass is 1040 g/mol. The fraction of sp³-hybridized carbons (Fsp3) is 0.230. The Morgan fingerprint density at radius 3 is 1.08 bits per heavy atom. The summed E-state index contributed by atoms with van der Waals surface area (Å²) in [6.07, 6.45) is -15.4. The molecule has 2 saturated heterocycles. The fourth-order valence-corrected chi connectivity index (χ4v) is 8.69. The first kappa shape index (κ1) is 53.5. The number of hydrogen-bond donors (Lipinski definition) is 1. The van der Waals surface area contributed by atoms with Crippen molar-refractivity contribution in [3.63, 3.8) is 0 Å². The van der Waals surface area contributed by atoms with Crippen LogP contribution >= 0.6 is 0 Å². The van der Waals surface area contributed by atoms with Gasteiger partial charge < -0.3 is 52.5 Å². The lowest BCUT2D eigenvalue weighted by molar-refractivity contribution is -0.331. The molecular weight excluding hydrogens is 989 g/mol. The molecule has 9 rings (SSSR count). The van der Waals surface area contributed by atoms with Crippen LogP contribution in [0.5, 0.6) is 0 Å². The SMILES string of the molecule is O=C(OC[C@H]1O[C@@H](OC[C@H]2O[C@H](O)[C@H](OCc3ccccc3)[C@@H](OCc3ccccc3)[C@@H]2OC(=O)c2ccccc2)[C@H](OC(=O)c2ccccc2)[C@@H](OC(=O)c2ccccc2)[C@@H]1OC(=O)c1ccccc1)c1ccccc1. The van der Waals surface area contributed by atoms with Gasteiger partial charge >= 0.3 is 29.8 Å². The standard InChI is InChI=1S/C61H54O16/c62-55(42-26-12-3-13-27-42)70-38-48-50(75-57(64)44-30-16-5-17-31-44)52(76-58(65)45-32-18-6-19-33-45)54(77-59(66)46-34-20-7-21-35-46)61(73-48)71-39-47-49(74-56(63)43-28-14-4-15-29-43)51(68-36-40-22-8-1-9-23-40)53(60(67)72-47)69-37-41-24-10-2-11-25-41/h1-35,47-54,60-61,67H,36-39H2/t47-,48-,49-,50-,51+,52+,53-,54-,60+,61-/m1/s1. The highest BCUT2D eigenvalue weighted by molar-refractivity contribution is 5.92. The van der Waals surface area contributed by atoms with Gasteiger partial charge in [-0.3, -0.25) is 0 Å². The first-order valence-electron chi connectivity index (χ1n) is 24.9. The predicted octanol–water partition coefficient (Wildman–Crippen LogP) is 8.38. The molecule has 0 amide bonds. The number of carbonyl (C=O) groups excluding carboxylic acids is 5. The van der Waals surface area contributed by atoms with Gasteiger partial charge in [0.05, 0.1) is 47.6 Å². The number of esters is 5. The first-order chi connectivity index (χ1) is 37.7. The maximum atomic E-state index is 14.3. The van der Waals surface area contributed by atoms with Crippen molar-refractivity contribution in [1.82, 2.24) is 0 Å². The van der Waals surface area contributed by atoms with Crippen LogP contribution in [0.1, 0.15) is 62.9 Å². The topological polar surface area (TPSA) is 198 Å². The highest BCUT2D eigenvalue weighted by atomic mass is 16.7. The molecule has 0 aromatic heterocycles. The summed E-state index contributed by atoms with van der Waals surface area (Å²) in [5.74, 6) is -4.25. The Hall–Kier alpha value is -8.35. The van der Waals surface area contributed by atoms with Gasteiger partial charge in [-0.2, -0.15) is 0 Å². The van der Waals surface area contributed by atoms with Gasteiger partial charge in [0.25, 0.3) is 0 Å². The van der Waals surface area contributed by atoms with Gasteiger partial charge in [0.2, 0.25) is 0 Å². The van der Waals surface area contributed by atoms with Crippen LogP contribution in [0, 0.1) is 0 Å². The molecule has 394 valence electrons. The van der Waals surface area contributed by atoms with Crippen molar-refractivity contribution in [2.45, 2.75) is 74.6 Å². The lowest BCUT2D eigenvalue weighted by Crippen LogP contribution is -2.64. The summed E-state index contributed by atoms with van der Waals surface area (Å²) in [5, 5.41) is 11.9. The zero-order valence-electron chi connectivity index (χ0n) is 41.4. The molecule has 0 aliphatic carbocycles. The quantitative estimate of drug-likeness (QED) is 0.0564. The lowest BCUT2D eigenvalue weighted by atomic mass is 9.96. The summed E-state index contributed by atoms with van der Waals surface area (Å²) in [4.78, 5) is 70.3. The average Bonchev–Trinajstić information content (AvgIpc) is 3.52. The smallest absolute Gasteiger partial charge is 0.338 e. The number of benzene rings is 7. The molecule has 2 aliphatic heterocycles. The van der Waals surface area contributed by atoms with Crippen molar-refractivity contribution in [3.8, 4) is 0 Å². The van der Waals surface area contributed by atoms with E-state index < -0.39 is 104 Å². The van der Waals surface area contributed by atoms with E-state index in [-0.39, 0.29) is 41.0 Å². The van der Waals surface area contributed by atoms with Crippen molar-refractivity contribution < 1.29 is 76.4 Å². The van der Waals surface area contributed by atoms with Crippen LogP contribution in [0.3, 0.4) is 0 Å². The third-order valence-corrected chi connectivity index (χ3v) is 12.6. The summed E-state index contributed by atoms with van der Waals surface area (Å²) in [6.45, 7) is -1.22. The Morgan fingerprint density at radius 2 is 0.662 bits per heavy atom. The lowest BCUT2D eigenvalue weighted by Gasteiger charge is -2.46. The number of aliphatic hydroxyl groups excluding tert-OH is 1. The van der Waals surface area contributed by atoms with E-state index in [0.29, 0.717) is 0 Å². The highest BCUT2D eigenvalue weighted by Crippen LogP contribution is 2.35. The van der Waals surface area contributed by atoms with Gasteiger partial charge in [0, 0.05) is 0 Å². The second-order valence-corrected chi connectivity index (χ2v) is 17.9. The number of carbonyl (C=O) groups is 5. The summed E-state index contributed by atoms with van der Waals surface area (Å²) >= 11 is 0. The van der Waals surface area contributed by atoms with Crippen molar-refractivity contribution in [2.24, 2.45) is 0 Å². The molecule has 16 nitrogen and oxygen atoms in total. The number of hydrogen-bond acceptors (Lipinski definition) is 16. The van der Waals surface area contributed by atoms with Gasteiger partial charge in [0.15, 0.2) is 37.0 Å². The molecule has 16 heteroatoms. The van der Waals surface area contributed by atoms with Crippen molar-refractivity contribution in [1.29, 1.82) is 0 Å². The van der Waals surface area contributed by atoms with Gasteiger partial charge in [-0.05, 0) is 71.8 Å². The Bertz CT molecular complexity index is 2990. The molecule has 77 heavy (non-hydrogen) atoms. The van der Waals surface area contributed by atoms with E-state index in [2.05, 4.69) is 0 Å². The third-order valence-electron chi connectivity index (χ3n) is 12.6. The Morgan fingerprint density at radius 1 is 0.338 bits per heavy atom. The van der Waals surface area contributed by atoms with Crippen molar-refractivity contribution >= 4 is 29.8 Å². The van der Waals surface area contributed by atoms with Crippen molar-refractivity contribution in [2.75, 3.05) is 13.2 Å². The van der Waals surface area contributed by atoms with E-state index in [0.717, 1.165) is 11.1 Å². The van der Waals surface area contributed by atoms with E-state index in [9.17, 15) is 29.1 Å². The van der Waals surface area contributed by atoms with E-state index in [4.69, 9.17) is 47.4 Å². The maximum Gasteiger partial charge on any atom is 0.338 e. The number of rotatable bonds is 20. The normalized spacial score (nSPS) is 22.9. The fourth-order valence-electron chi connectivity index (χ4n) is 8.69. The number of aliphatic hydroxyl groups is 1. The second kappa shape index (κ2) is 26.4. The molecule has 10 atom stereocenters. The van der Waals surface area contributed by atoms with Crippen LogP contribution in [-0.2, 0) is 60.6 Å². The minimum Gasteiger partial charge on any atom is -0.459 e. The van der Waals surface area contributed by atoms with E-state index in [1.807, 2.05) is 60.7 Å². The first-order valence-corrected chi connectivity index (χ1v) is 24.9. The van der Waals surface area contributed by atoms with E-state index in [1.165, 1.54) is 36.4 Å². The second-order valence-electron chi connectivity index (χ2n) is 17.9.